The quantitative estimate of drug-likeness (QED) is 0.819. The minimum Gasteiger partial charge on any atom is -0.396 e. The number of nitrogen functional groups attached to an aromatic ring is 1. The molecule has 0 amide bonds. The second-order valence-corrected chi connectivity index (χ2v) is 5.50. The van der Waals surface area contributed by atoms with Gasteiger partial charge in [0.25, 0.3) is 0 Å². The molecule has 2 bridgehead atoms. The van der Waals surface area contributed by atoms with E-state index in [4.69, 9.17) is 11.0 Å². The van der Waals surface area contributed by atoms with Crippen molar-refractivity contribution in [2.75, 3.05) is 30.8 Å². The maximum absolute atomic E-state index is 9.02. The Bertz CT molecular complexity index is 521. The number of anilines is 2. The number of aromatic nitrogens is 1. The number of hydrogen-bond donors (Lipinski definition) is 1. The Morgan fingerprint density at radius 1 is 1.32 bits per heavy atom. The first kappa shape index (κ1) is 12.2. The van der Waals surface area contributed by atoms with Gasteiger partial charge in [-0.3, -0.25) is 4.90 Å². The van der Waals surface area contributed by atoms with Crippen LogP contribution in [0.15, 0.2) is 12.1 Å². The Morgan fingerprint density at radius 3 is 2.89 bits per heavy atom. The first-order chi connectivity index (χ1) is 9.19. The van der Waals surface area contributed by atoms with Crippen LogP contribution in [0.4, 0.5) is 11.5 Å². The lowest BCUT2D eigenvalue weighted by atomic mass is 10.1. The van der Waals surface area contributed by atoms with Crippen molar-refractivity contribution < 1.29 is 0 Å². The molecule has 5 nitrogen and oxygen atoms in total. The second-order valence-electron chi connectivity index (χ2n) is 5.50. The Kier molecular flexibility index (Phi) is 3.03. The molecule has 0 aromatic carbocycles. The van der Waals surface area contributed by atoms with Gasteiger partial charge in [0, 0.05) is 25.2 Å². The molecule has 2 fully saturated rings. The predicted octanol–water partition coefficient (Wildman–Crippen LogP) is 1.21. The number of hydrogen-bond acceptors (Lipinski definition) is 5. The SMILES string of the molecule is CN1C2CCC1CN(c1ccc(N)c(C#N)n1)CC2. The molecule has 5 heteroatoms. The molecule has 100 valence electrons. The fourth-order valence-corrected chi connectivity index (χ4v) is 3.24. The summed E-state index contributed by atoms with van der Waals surface area (Å²) in [6, 6.07) is 7.09. The highest BCUT2D eigenvalue weighted by molar-refractivity contribution is 5.55. The number of nitrogens with two attached hydrogens (primary N) is 1. The molecule has 0 radical (unpaired) electrons. The molecule has 3 rings (SSSR count). The van der Waals surface area contributed by atoms with Gasteiger partial charge in [0.15, 0.2) is 5.69 Å². The molecule has 2 saturated heterocycles. The van der Waals surface area contributed by atoms with Gasteiger partial charge in [0.1, 0.15) is 11.9 Å². The van der Waals surface area contributed by atoms with Crippen molar-refractivity contribution >= 4 is 11.5 Å². The summed E-state index contributed by atoms with van der Waals surface area (Å²) in [4.78, 5) is 9.18. The van der Waals surface area contributed by atoms with Crippen molar-refractivity contribution in [2.45, 2.75) is 31.3 Å². The standard InChI is InChI=1S/C14H19N5/c1-18-10-2-3-11(18)9-19(7-6-10)14-5-4-12(16)13(8-15)17-14/h4-5,10-11H,2-3,6-7,9,16H2,1H3. The van der Waals surface area contributed by atoms with Gasteiger partial charge >= 0.3 is 0 Å². The fraction of sp³-hybridized carbons (Fsp3) is 0.571. The molecule has 2 aliphatic heterocycles. The van der Waals surface area contributed by atoms with Gasteiger partial charge in [-0.25, -0.2) is 4.98 Å². The fourth-order valence-electron chi connectivity index (χ4n) is 3.24. The molecule has 2 aliphatic rings. The Labute approximate surface area is 113 Å². The lowest BCUT2D eigenvalue weighted by Crippen LogP contribution is -2.37. The van der Waals surface area contributed by atoms with Crippen LogP contribution in [0.1, 0.15) is 25.0 Å². The van der Waals surface area contributed by atoms with Gasteiger partial charge in [-0.2, -0.15) is 5.26 Å². The van der Waals surface area contributed by atoms with Crippen LogP contribution in [0, 0.1) is 11.3 Å². The minimum atomic E-state index is 0.334. The number of nitrogens with zero attached hydrogens (tertiary/aromatic N) is 4. The molecular weight excluding hydrogens is 238 g/mol. The normalized spacial score (nSPS) is 27.1. The van der Waals surface area contributed by atoms with Crippen molar-refractivity contribution in [3.05, 3.63) is 17.8 Å². The van der Waals surface area contributed by atoms with E-state index in [0.29, 0.717) is 23.5 Å². The summed E-state index contributed by atoms with van der Waals surface area (Å²) in [5.74, 6) is 0.881. The minimum absolute atomic E-state index is 0.334. The number of pyridine rings is 1. The first-order valence-electron chi connectivity index (χ1n) is 6.82. The van der Waals surface area contributed by atoms with Crippen LogP contribution in [0.3, 0.4) is 0 Å². The summed E-state index contributed by atoms with van der Waals surface area (Å²) < 4.78 is 0. The van der Waals surface area contributed by atoms with Gasteiger partial charge in [-0.15, -0.1) is 0 Å². The topological polar surface area (TPSA) is 69.2 Å². The number of nitriles is 1. The lowest BCUT2D eigenvalue weighted by Gasteiger charge is -2.26. The average Bonchev–Trinajstić information content (AvgIpc) is 2.64. The van der Waals surface area contributed by atoms with Crippen LogP contribution >= 0.6 is 0 Å². The zero-order valence-corrected chi connectivity index (χ0v) is 11.2. The molecule has 19 heavy (non-hydrogen) atoms. The summed E-state index contributed by atoms with van der Waals surface area (Å²) in [6.07, 6.45) is 3.74. The van der Waals surface area contributed by atoms with Gasteiger partial charge < -0.3 is 10.6 Å². The molecule has 0 spiro atoms. The smallest absolute Gasteiger partial charge is 0.165 e. The third-order valence-corrected chi connectivity index (χ3v) is 4.49. The Hall–Kier alpha value is -1.80. The largest absolute Gasteiger partial charge is 0.396 e. The maximum Gasteiger partial charge on any atom is 0.165 e. The van der Waals surface area contributed by atoms with Gasteiger partial charge in [-0.05, 0) is 38.4 Å². The van der Waals surface area contributed by atoms with E-state index in [1.54, 1.807) is 6.07 Å². The van der Waals surface area contributed by atoms with Crippen molar-refractivity contribution in [2.24, 2.45) is 0 Å². The van der Waals surface area contributed by atoms with Crippen molar-refractivity contribution in [3.63, 3.8) is 0 Å². The molecule has 1 aromatic heterocycles. The van der Waals surface area contributed by atoms with Crippen LogP contribution in [0.2, 0.25) is 0 Å². The lowest BCUT2D eigenvalue weighted by molar-refractivity contribution is 0.254. The molecule has 2 N–H and O–H groups in total. The van der Waals surface area contributed by atoms with Crippen molar-refractivity contribution in [1.82, 2.24) is 9.88 Å². The van der Waals surface area contributed by atoms with E-state index in [1.165, 1.54) is 19.3 Å². The molecule has 2 unspecified atom stereocenters. The van der Waals surface area contributed by atoms with Crippen LogP contribution in [-0.2, 0) is 0 Å². The molecular formula is C14H19N5. The summed E-state index contributed by atoms with van der Waals surface area (Å²) in [7, 11) is 2.23. The van der Waals surface area contributed by atoms with Crippen LogP contribution in [0.5, 0.6) is 0 Å². The first-order valence-corrected chi connectivity index (χ1v) is 6.82. The summed E-state index contributed by atoms with van der Waals surface area (Å²) in [6.45, 7) is 2.00. The predicted molar refractivity (Wildman–Crippen MR) is 74.8 cm³/mol. The monoisotopic (exact) mass is 257 g/mol. The zero-order chi connectivity index (χ0) is 13.4. The molecule has 3 heterocycles. The number of likely N-dealkylation sites (N-methyl/N-ethyl adjacent to an activating group) is 1. The molecule has 2 atom stereocenters. The summed E-state index contributed by atoms with van der Waals surface area (Å²) >= 11 is 0. The summed E-state index contributed by atoms with van der Waals surface area (Å²) in [5, 5.41) is 9.02. The van der Waals surface area contributed by atoms with Crippen LogP contribution in [0.25, 0.3) is 0 Å². The highest BCUT2D eigenvalue weighted by Crippen LogP contribution is 2.30. The van der Waals surface area contributed by atoms with Crippen molar-refractivity contribution in [3.8, 4) is 6.07 Å². The van der Waals surface area contributed by atoms with E-state index >= 15 is 0 Å². The van der Waals surface area contributed by atoms with Gasteiger partial charge in [0.05, 0.1) is 5.69 Å². The van der Waals surface area contributed by atoms with E-state index in [1.807, 2.05) is 6.07 Å². The third kappa shape index (κ3) is 2.13. The zero-order valence-electron chi connectivity index (χ0n) is 11.2. The van der Waals surface area contributed by atoms with E-state index < -0.39 is 0 Å². The Balaban J connectivity index is 1.85. The summed E-state index contributed by atoms with van der Waals surface area (Å²) in [5.41, 5.74) is 6.52. The highest BCUT2D eigenvalue weighted by atomic mass is 15.3. The van der Waals surface area contributed by atoms with Gasteiger partial charge in [-0.1, -0.05) is 0 Å². The van der Waals surface area contributed by atoms with E-state index in [0.717, 1.165) is 18.9 Å². The van der Waals surface area contributed by atoms with Gasteiger partial charge in [0.2, 0.25) is 0 Å². The molecule has 0 saturated carbocycles. The van der Waals surface area contributed by atoms with Crippen molar-refractivity contribution in [1.29, 1.82) is 5.26 Å². The van der Waals surface area contributed by atoms with E-state index in [2.05, 4.69) is 27.9 Å². The third-order valence-electron chi connectivity index (χ3n) is 4.49. The number of rotatable bonds is 1. The van der Waals surface area contributed by atoms with E-state index in [-0.39, 0.29) is 0 Å². The van der Waals surface area contributed by atoms with Crippen LogP contribution in [-0.4, -0.2) is 42.1 Å². The van der Waals surface area contributed by atoms with Crippen LogP contribution < -0.4 is 10.6 Å². The molecule has 0 aliphatic carbocycles. The molecule has 1 aromatic rings. The number of fused-ring (bicyclic) bond motifs is 2. The van der Waals surface area contributed by atoms with E-state index in [9.17, 15) is 0 Å². The highest BCUT2D eigenvalue weighted by Gasteiger charge is 2.34. The Morgan fingerprint density at radius 2 is 2.11 bits per heavy atom. The maximum atomic E-state index is 9.02. The second kappa shape index (κ2) is 4.71. The average molecular weight is 257 g/mol.